The molecule has 4 N–H and O–H groups in total. The van der Waals surface area contributed by atoms with Crippen LogP contribution in [0.5, 0.6) is 0 Å². The maximum Gasteiger partial charge on any atom is 0.269 e. The van der Waals surface area contributed by atoms with Gasteiger partial charge in [0.15, 0.2) is 0 Å². The molecule has 3 aromatic carbocycles. The largest absolute Gasteiger partial charge is 0.393 e. The van der Waals surface area contributed by atoms with Crippen LogP contribution in [0.3, 0.4) is 0 Å². The second kappa shape index (κ2) is 9.17. The molecule has 0 atom stereocenters. The highest BCUT2D eigenvalue weighted by Gasteiger charge is 2.12. The highest BCUT2D eigenvalue weighted by atomic mass is 16.2. The molecule has 1 heterocycles. The molecule has 4 rings (SSSR count). The monoisotopic (exact) mass is 411 g/mol. The SMILES string of the molecule is CN/C(Cc1ccccc1)=C(\N)C(=O)NCc1ccc(-n2cnc3ccccc32)cc1. The highest BCUT2D eigenvalue weighted by Crippen LogP contribution is 2.18. The summed E-state index contributed by atoms with van der Waals surface area (Å²) in [7, 11) is 1.77. The van der Waals surface area contributed by atoms with Gasteiger partial charge in [0, 0.05) is 31.4 Å². The summed E-state index contributed by atoms with van der Waals surface area (Å²) in [6.07, 6.45) is 2.39. The van der Waals surface area contributed by atoms with E-state index in [4.69, 9.17) is 5.73 Å². The van der Waals surface area contributed by atoms with Crippen LogP contribution in [-0.2, 0) is 17.8 Å². The van der Waals surface area contributed by atoms with Gasteiger partial charge < -0.3 is 16.4 Å². The molecule has 4 aromatic rings. The molecular formula is C25H25N5O. The van der Waals surface area contributed by atoms with Crippen molar-refractivity contribution in [2.45, 2.75) is 13.0 Å². The topological polar surface area (TPSA) is 85.0 Å². The minimum atomic E-state index is -0.287. The van der Waals surface area contributed by atoms with E-state index in [0.717, 1.165) is 27.8 Å². The molecule has 0 unspecified atom stereocenters. The lowest BCUT2D eigenvalue weighted by atomic mass is 10.1. The van der Waals surface area contributed by atoms with Crippen LogP contribution in [0.1, 0.15) is 11.1 Å². The van der Waals surface area contributed by atoms with Crippen molar-refractivity contribution in [2.24, 2.45) is 5.73 Å². The Morgan fingerprint density at radius 2 is 1.65 bits per heavy atom. The fraction of sp³-hybridized carbons (Fsp3) is 0.120. The fourth-order valence-electron chi connectivity index (χ4n) is 3.47. The third-order valence-electron chi connectivity index (χ3n) is 5.22. The van der Waals surface area contributed by atoms with E-state index in [1.807, 2.05) is 89.8 Å². The predicted octanol–water partition coefficient (Wildman–Crippen LogP) is 3.27. The predicted molar refractivity (Wildman–Crippen MR) is 123 cm³/mol. The first-order valence-corrected chi connectivity index (χ1v) is 10.2. The number of carbonyl (C=O) groups excluding carboxylic acids is 1. The van der Waals surface area contributed by atoms with Gasteiger partial charge in [-0.1, -0.05) is 54.6 Å². The van der Waals surface area contributed by atoms with E-state index in [-0.39, 0.29) is 11.6 Å². The van der Waals surface area contributed by atoms with Crippen LogP contribution in [-0.4, -0.2) is 22.5 Å². The van der Waals surface area contributed by atoms with Gasteiger partial charge in [0.05, 0.1) is 11.0 Å². The third-order valence-corrected chi connectivity index (χ3v) is 5.22. The van der Waals surface area contributed by atoms with E-state index in [1.54, 1.807) is 7.05 Å². The molecule has 0 aliphatic rings. The van der Waals surface area contributed by atoms with E-state index in [9.17, 15) is 4.79 Å². The van der Waals surface area contributed by atoms with Gasteiger partial charge in [0.25, 0.3) is 5.91 Å². The number of para-hydroxylation sites is 2. The number of hydrogen-bond acceptors (Lipinski definition) is 4. The Balaban J connectivity index is 1.42. The summed E-state index contributed by atoms with van der Waals surface area (Å²) < 4.78 is 2.04. The maximum atomic E-state index is 12.6. The number of amides is 1. The highest BCUT2D eigenvalue weighted by molar-refractivity contribution is 5.93. The van der Waals surface area contributed by atoms with Crippen molar-refractivity contribution in [3.05, 3.63) is 108 Å². The van der Waals surface area contributed by atoms with Gasteiger partial charge in [-0.25, -0.2) is 4.98 Å². The number of nitrogens with two attached hydrogens (primary N) is 1. The number of nitrogens with zero attached hydrogens (tertiary/aromatic N) is 2. The number of likely N-dealkylation sites (N-methyl/N-ethyl adjacent to an activating group) is 1. The van der Waals surface area contributed by atoms with Gasteiger partial charge in [0.1, 0.15) is 12.0 Å². The van der Waals surface area contributed by atoms with Crippen molar-refractivity contribution in [2.75, 3.05) is 7.05 Å². The molecule has 0 aliphatic carbocycles. The summed E-state index contributed by atoms with van der Waals surface area (Å²) in [5.41, 5.74) is 12.1. The van der Waals surface area contributed by atoms with E-state index >= 15 is 0 Å². The lowest BCUT2D eigenvalue weighted by molar-refractivity contribution is -0.117. The number of rotatable bonds is 7. The van der Waals surface area contributed by atoms with Crippen molar-refractivity contribution in [1.82, 2.24) is 20.2 Å². The molecule has 0 bridgehead atoms. The molecule has 0 fully saturated rings. The molecule has 0 aliphatic heterocycles. The zero-order chi connectivity index (χ0) is 21.6. The quantitative estimate of drug-likeness (QED) is 0.408. The smallest absolute Gasteiger partial charge is 0.269 e. The average molecular weight is 412 g/mol. The molecule has 6 nitrogen and oxygen atoms in total. The lowest BCUT2D eigenvalue weighted by Crippen LogP contribution is -2.32. The minimum absolute atomic E-state index is 0.202. The Kier molecular flexibility index (Phi) is 5.98. The van der Waals surface area contributed by atoms with E-state index in [1.165, 1.54) is 0 Å². The Labute approximate surface area is 181 Å². The molecule has 1 amide bonds. The number of nitrogens with one attached hydrogen (secondary N) is 2. The number of allylic oxidation sites excluding steroid dienone is 1. The average Bonchev–Trinajstić information content (AvgIpc) is 3.26. The number of hydrogen-bond donors (Lipinski definition) is 3. The van der Waals surface area contributed by atoms with Crippen LogP contribution in [0, 0.1) is 0 Å². The van der Waals surface area contributed by atoms with Gasteiger partial charge in [-0.2, -0.15) is 0 Å². The summed E-state index contributed by atoms with van der Waals surface area (Å²) in [6, 6.07) is 25.9. The summed E-state index contributed by atoms with van der Waals surface area (Å²) in [6.45, 7) is 0.396. The van der Waals surface area contributed by atoms with Crippen LogP contribution < -0.4 is 16.4 Å². The van der Waals surface area contributed by atoms with Crippen molar-refractivity contribution < 1.29 is 4.79 Å². The number of benzene rings is 3. The van der Waals surface area contributed by atoms with Gasteiger partial charge in [-0.15, -0.1) is 0 Å². The molecular weight excluding hydrogens is 386 g/mol. The van der Waals surface area contributed by atoms with Gasteiger partial charge >= 0.3 is 0 Å². The number of carbonyl (C=O) groups is 1. The van der Waals surface area contributed by atoms with E-state index in [2.05, 4.69) is 15.6 Å². The zero-order valence-corrected chi connectivity index (χ0v) is 17.4. The second-order valence-electron chi connectivity index (χ2n) is 7.26. The first kappa shape index (κ1) is 20.2. The lowest BCUT2D eigenvalue weighted by Gasteiger charge is -2.13. The van der Waals surface area contributed by atoms with Crippen LogP contribution >= 0.6 is 0 Å². The van der Waals surface area contributed by atoms with Crippen molar-refractivity contribution in [3.8, 4) is 5.69 Å². The van der Waals surface area contributed by atoms with E-state index < -0.39 is 0 Å². The van der Waals surface area contributed by atoms with Gasteiger partial charge in [-0.3, -0.25) is 9.36 Å². The van der Waals surface area contributed by atoms with Gasteiger partial charge in [-0.05, 0) is 35.4 Å². The standard InChI is InChI=1S/C25H25N5O/c1-27-22(15-18-7-3-2-4-8-18)24(26)25(31)28-16-19-11-13-20(14-12-19)30-17-29-21-9-5-6-10-23(21)30/h2-14,17,27H,15-16,26H2,1H3,(H,28,31)/b24-22-. The zero-order valence-electron chi connectivity index (χ0n) is 17.4. The molecule has 6 heteroatoms. The summed E-state index contributed by atoms with van der Waals surface area (Å²) in [5.74, 6) is -0.287. The first-order valence-electron chi connectivity index (χ1n) is 10.2. The summed E-state index contributed by atoms with van der Waals surface area (Å²) >= 11 is 0. The molecule has 0 saturated heterocycles. The van der Waals surface area contributed by atoms with Crippen LogP contribution in [0.4, 0.5) is 0 Å². The van der Waals surface area contributed by atoms with E-state index in [0.29, 0.717) is 18.7 Å². The number of fused-ring (bicyclic) bond motifs is 1. The first-order chi connectivity index (χ1) is 15.2. The Bertz CT molecular complexity index is 1210. The van der Waals surface area contributed by atoms with Crippen molar-refractivity contribution in [3.63, 3.8) is 0 Å². The normalized spacial score (nSPS) is 11.8. The van der Waals surface area contributed by atoms with Crippen molar-refractivity contribution >= 4 is 16.9 Å². The van der Waals surface area contributed by atoms with Crippen molar-refractivity contribution in [1.29, 1.82) is 0 Å². The minimum Gasteiger partial charge on any atom is -0.393 e. The Morgan fingerprint density at radius 3 is 2.39 bits per heavy atom. The van der Waals surface area contributed by atoms with Crippen LogP contribution in [0.2, 0.25) is 0 Å². The number of imidazole rings is 1. The Morgan fingerprint density at radius 1 is 0.935 bits per heavy atom. The molecule has 1 aromatic heterocycles. The Hall–Kier alpha value is -4.06. The molecule has 0 radical (unpaired) electrons. The molecule has 156 valence electrons. The summed E-state index contributed by atoms with van der Waals surface area (Å²) in [5, 5.41) is 5.95. The molecule has 0 saturated carbocycles. The second-order valence-corrected chi connectivity index (χ2v) is 7.26. The van der Waals surface area contributed by atoms with Gasteiger partial charge in [0.2, 0.25) is 0 Å². The molecule has 0 spiro atoms. The number of aromatic nitrogens is 2. The summed E-state index contributed by atoms with van der Waals surface area (Å²) in [4.78, 5) is 17.0. The maximum absolute atomic E-state index is 12.6. The fourth-order valence-corrected chi connectivity index (χ4v) is 3.47. The third kappa shape index (κ3) is 4.59. The molecule has 31 heavy (non-hydrogen) atoms. The van der Waals surface area contributed by atoms with Crippen LogP contribution in [0.25, 0.3) is 16.7 Å². The van der Waals surface area contributed by atoms with Crippen LogP contribution in [0.15, 0.2) is 96.6 Å².